The molecule has 10 heteroatoms. The molecule has 1 aromatic carbocycles. The maximum absolute atomic E-state index is 12.5. The van der Waals surface area contributed by atoms with E-state index in [1.165, 1.54) is 0 Å². The van der Waals surface area contributed by atoms with Crippen molar-refractivity contribution in [2.24, 2.45) is 4.99 Å². The minimum atomic E-state index is -3.53. The van der Waals surface area contributed by atoms with E-state index in [-0.39, 0.29) is 23.5 Å². The lowest BCUT2D eigenvalue weighted by Gasteiger charge is -2.37. The standard InChI is InChI=1S/C20H31N5O4S/c1-16-5-7-17(8-6-16)30(27,28)23-10-9-22-20(21-2)25-13-11-24(12-14-25)19(26)18-4-3-15-29-18/h5-8,18,23H,3-4,9-15H2,1-2H3,(H,21,22). The van der Waals surface area contributed by atoms with Crippen molar-refractivity contribution in [3.05, 3.63) is 29.8 Å². The Labute approximate surface area is 178 Å². The van der Waals surface area contributed by atoms with Gasteiger partial charge >= 0.3 is 0 Å². The van der Waals surface area contributed by atoms with Crippen molar-refractivity contribution in [2.75, 3.05) is 52.9 Å². The molecule has 30 heavy (non-hydrogen) atoms. The van der Waals surface area contributed by atoms with E-state index in [1.54, 1.807) is 31.3 Å². The number of piperazine rings is 1. The van der Waals surface area contributed by atoms with E-state index in [0.717, 1.165) is 18.4 Å². The number of sulfonamides is 1. The minimum Gasteiger partial charge on any atom is -0.368 e. The molecule has 2 fully saturated rings. The summed E-state index contributed by atoms with van der Waals surface area (Å²) in [4.78, 5) is 20.9. The first-order chi connectivity index (χ1) is 14.4. The summed E-state index contributed by atoms with van der Waals surface area (Å²) in [6.07, 6.45) is 1.47. The highest BCUT2D eigenvalue weighted by molar-refractivity contribution is 7.89. The van der Waals surface area contributed by atoms with Gasteiger partial charge < -0.3 is 19.9 Å². The molecule has 0 saturated carbocycles. The zero-order valence-corrected chi connectivity index (χ0v) is 18.5. The number of guanidine groups is 1. The first kappa shape index (κ1) is 22.5. The van der Waals surface area contributed by atoms with Crippen LogP contribution in [0.4, 0.5) is 0 Å². The van der Waals surface area contributed by atoms with Crippen molar-refractivity contribution in [2.45, 2.75) is 30.8 Å². The number of aryl methyl sites for hydroxylation is 1. The van der Waals surface area contributed by atoms with Crippen molar-refractivity contribution in [1.82, 2.24) is 19.8 Å². The number of aliphatic imine (C=N–C) groups is 1. The molecule has 0 aliphatic carbocycles. The fourth-order valence-corrected chi connectivity index (χ4v) is 4.64. The summed E-state index contributed by atoms with van der Waals surface area (Å²) in [5, 5.41) is 3.19. The Morgan fingerprint density at radius 3 is 2.40 bits per heavy atom. The lowest BCUT2D eigenvalue weighted by atomic mass is 10.2. The molecular formula is C20H31N5O4S. The average Bonchev–Trinajstić information content (AvgIpc) is 3.29. The number of nitrogens with one attached hydrogen (secondary N) is 2. The van der Waals surface area contributed by atoms with Crippen LogP contribution in [0.5, 0.6) is 0 Å². The maximum atomic E-state index is 12.5. The van der Waals surface area contributed by atoms with Gasteiger partial charge in [0.05, 0.1) is 4.90 Å². The van der Waals surface area contributed by atoms with E-state index in [1.807, 2.05) is 11.8 Å². The topological polar surface area (TPSA) is 103 Å². The molecule has 2 aliphatic heterocycles. The lowest BCUT2D eigenvalue weighted by Crippen LogP contribution is -2.55. The molecule has 0 radical (unpaired) electrons. The van der Waals surface area contributed by atoms with Gasteiger partial charge in [0.2, 0.25) is 10.0 Å². The van der Waals surface area contributed by atoms with Gasteiger partial charge in [-0.15, -0.1) is 0 Å². The smallest absolute Gasteiger partial charge is 0.251 e. The van der Waals surface area contributed by atoms with Gasteiger partial charge in [0.25, 0.3) is 5.91 Å². The lowest BCUT2D eigenvalue weighted by molar-refractivity contribution is -0.142. The van der Waals surface area contributed by atoms with Crippen LogP contribution in [0.2, 0.25) is 0 Å². The normalized spacial score (nSPS) is 20.5. The summed E-state index contributed by atoms with van der Waals surface area (Å²) in [7, 11) is -1.83. The Hall–Kier alpha value is -2.17. The molecule has 166 valence electrons. The largest absolute Gasteiger partial charge is 0.368 e. The second kappa shape index (κ2) is 10.2. The van der Waals surface area contributed by atoms with Crippen LogP contribution in [0.25, 0.3) is 0 Å². The van der Waals surface area contributed by atoms with Crippen molar-refractivity contribution < 1.29 is 17.9 Å². The first-order valence-electron chi connectivity index (χ1n) is 10.3. The van der Waals surface area contributed by atoms with Crippen molar-refractivity contribution in [3.8, 4) is 0 Å². The third-order valence-electron chi connectivity index (χ3n) is 5.34. The van der Waals surface area contributed by atoms with Gasteiger partial charge in [-0.3, -0.25) is 9.79 Å². The summed E-state index contributed by atoms with van der Waals surface area (Å²) < 4.78 is 32.8. The third-order valence-corrected chi connectivity index (χ3v) is 6.82. The van der Waals surface area contributed by atoms with E-state index >= 15 is 0 Å². The van der Waals surface area contributed by atoms with E-state index in [9.17, 15) is 13.2 Å². The fraction of sp³-hybridized carbons (Fsp3) is 0.600. The minimum absolute atomic E-state index is 0.0839. The molecule has 2 heterocycles. The van der Waals surface area contributed by atoms with Gasteiger partial charge in [-0.1, -0.05) is 17.7 Å². The Morgan fingerprint density at radius 2 is 1.80 bits per heavy atom. The van der Waals surface area contributed by atoms with Gasteiger partial charge in [-0.2, -0.15) is 0 Å². The van der Waals surface area contributed by atoms with Crippen LogP contribution in [0.1, 0.15) is 18.4 Å². The van der Waals surface area contributed by atoms with Crippen molar-refractivity contribution >= 4 is 21.9 Å². The van der Waals surface area contributed by atoms with Crippen molar-refractivity contribution in [1.29, 1.82) is 0 Å². The Kier molecular flexibility index (Phi) is 7.68. The van der Waals surface area contributed by atoms with Crippen LogP contribution in [-0.2, 0) is 19.6 Å². The number of hydrogen-bond acceptors (Lipinski definition) is 5. The van der Waals surface area contributed by atoms with E-state index in [4.69, 9.17) is 4.74 Å². The zero-order valence-electron chi connectivity index (χ0n) is 17.6. The quantitative estimate of drug-likeness (QED) is 0.374. The summed E-state index contributed by atoms with van der Waals surface area (Å²) in [5.74, 6) is 0.786. The number of rotatable bonds is 6. The Balaban J connectivity index is 1.42. The van der Waals surface area contributed by atoms with Crippen LogP contribution in [0.3, 0.4) is 0 Å². The molecule has 1 unspecified atom stereocenters. The number of amides is 1. The van der Waals surface area contributed by atoms with Crippen LogP contribution in [-0.4, -0.2) is 89.1 Å². The number of hydrogen-bond donors (Lipinski definition) is 2. The predicted octanol–water partition coefficient (Wildman–Crippen LogP) is 0.172. The highest BCUT2D eigenvalue weighted by Gasteiger charge is 2.30. The van der Waals surface area contributed by atoms with Gasteiger partial charge in [0, 0.05) is 52.9 Å². The molecule has 0 aromatic heterocycles. The molecular weight excluding hydrogens is 406 g/mol. The van der Waals surface area contributed by atoms with E-state index in [0.29, 0.717) is 45.3 Å². The van der Waals surface area contributed by atoms with Gasteiger partial charge in [0.1, 0.15) is 6.10 Å². The number of benzene rings is 1. The first-order valence-corrected chi connectivity index (χ1v) is 11.8. The van der Waals surface area contributed by atoms with E-state index < -0.39 is 10.0 Å². The molecule has 1 aromatic rings. The van der Waals surface area contributed by atoms with Crippen molar-refractivity contribution in [3.63, 3.8) is 0 Å². The summed E-state index contributed by atoms with van der Waals surface area (Å²) in [6.45, 7) is 5.83. The highest BCUT2D eigenvalue weighted by atomic mass is 32.2. The van der Waals surface area contributed by atoms with Gasteiger partial charge in [0.15, 0.2) is 5.96 Å². The second-order valence-corrected chi connectivity index (χ2v) is 9.27. The monoisotopic (exact) mass is 437 g/mol. The highest BCUT2D eigenvalue weighted by Crippen LogP contribution is 2.16. The van der Waals surface area contributed by atoms with Crippen LogP contribution in [0, 0.1) is 6.92 Å². The fourth-order valence-electron chi connectivity index (χ4n) is 3.61. The summed E-state index contributed by atoms with van der Waals surface area (Å²) in [5.41, 5.74) is 1.01. The SMILES string of the molecule is CN=C(NCCNS(=O)(=O)c1ccc(C)cc1)N1CCN(C(=O)C2CCCO2)CC1. The maximum Gasteiger partial charge on any atom is 0.251 e. The molecule has 1 amide bonds. The van der Waals surface area contributed by atoms with Crippen LogP contribution >= 0.6 is 0 Å². The predicted molar refractivity (Wildman–Crippen MR) is 115 cm³/mol. The molecule has 9 nitrogen and oxygen atoms in total. The number of nitrogens with zero attached hydrogens (tertiary/aromatic N) is 3. The Morgan fingerprint density at radius 1 is 1.13 bits per heavy atom. The molecule has 2 aliphatic rings. The molecule has 1 atom stereocenters. The summed E-state index contributed by atoms with van der Waals surface area (Å²) >= 11 is 0. The second-order valence-electron chi connectivity index (χ2n) is 7.50. The summed E-state index contributed by atoms with van der Waals surface area (Å²) in [6, 6.07) is 6.75. The molecule has 2 saturated heterocycles. The zero-order chi connectivity index (χ0) is 21.6. The Bertz CT molecular complexity index is 842. The number of carbonyl (C=O) groups is 1. The molecule has 3 rings (SSSR count). The number of carbonyl (C=O) groups excluding carboxylic acids is 1. The van der Waals surface area contributed by atoms with Crippen LogP contribution < -0.4 is 10.0 Å². The molecule has 2 N–H and O–H groups in total. The van der Waals surface area contributed by atoms with Gasteiger partial charge in [-0.25, -0.2) is 13.1 Å². The molecule has 0 bridgehead atoms. The van der Waals surface area contributed by atoms with Crippen LogP contribution in [0.15, 0.2) is 34.2 Å². The average molecular weight is 438 g/mol. The third kappa shape index (κ3) is 5.71. The van der Waals surface area contributed by atoms with Gasteiger partial charge in [-0.05, 0) is 31.9 Å². The number of ether oxygens (including phenoxy) is 1. The van der Waals surface area contributed by atoms with E-state index in [2.05, 4.69) is 19.9 Å². The molecule has 0 spiro atoms.